The maximum Gasteiger partial charge on any atom is 0.276 e. The summed E-state index contributed by atoms with van der Waals surface area (Å²) in [6.07, 6.45) is 3.05. The molecule has 0 spiro atoms. The number of anilines is 1. The van der Waals surface area contributed by atoms with Crippen molar-refractivity contribution in [3.8, 4) is 11.8 Å². The molecule has 1 amide bonds. The first-order chi connectivity index (χ1) is 14.6. The van der Waals surface area contributed by atoms with E-state index in [0.29, 0.717) is 29.8 Å². The number of fused-ring (bicyclic) bond motifs is 1. The van der Waals surface area contributed by atoms with E-state index >= 15 is 0 Å². The van der Waals surface area contributed by atoms with Gasteiger partial charge < -0.3 is 19.6 Å². The third-order valence-corrected chi connectivity index (χ3v) is 4.95. The molecule has 0 atom stereocenters. The van der Waals surface area contributed by atoms with E-state index in [4.69, 9.17) is 10.00 Å². The van der Waals surface area contributed by atoms with Crippen LogP contribution in [0.3, 0.4) is 0 Å². The fraction of sp³-hybridized carbons (Fsp3) is 0.286. The molecule has 0 unspecified atom stereocenters. The number of aromatic hydroxyl groups is 1. The number of morpholine rings is 1. The summed E-state index contributed by atoms with van der Waals surface area (Å²) in [5, 5.41) is 20.0. The van der Waals surface area contributed by atoms with Crippen LogP contribution in [0.4, 0.5) is 5.82 Å². The van der Waals surface area contributed by atoms with Gasteiger partial charge in [0.25, 0.3) is 5.91 Å². The number of nitriles is 1. The van der Waals surface area contributed by atoms with Crippen molar-refractivity contribution in [3.05, 3.63) is 53.6 Å². The smallest absolute Gasteiger partial charge is 0.276 e. The average Bonchev–Trinajstić information content (AvgIpc) is 2.79. The molecule has 30 heavy (non-hydrogen) atoms. The molecule has 9 nitrogen and oxygen atoms in total. The SMILES string of the molecule is CN(Cc1ccc(C#N)nc1)C(=O)c1ncc2nc(N3CCOCC3)ccc2c1O. The van der Waals surface area contributed by atoms with Crippen LogP contribution in [0.15, 0.2) is 36.7 Å². The topological polar surface area (TPSA) is 115 Å². The van der Waals surface area contributed by atoms with E-state index in [9.17, 15) is 9.90 Å². The number of pyridine rings is 3. The van der Waals surface area contributed by atoms with E-state index in [1.807, 2.05) is 12.1 Å². The molecule has 3 aromatic rings. The Bertz CT molecular complexity index is 1120. The highest BCUT2D eigenvalue weighted by atomic mass is 16.5. The number of carbonyl (C=O) groups is 1. The molecule has 3 aromatic heterocycles. The lowest BCUT2D eigenvalue weighted by molar-refractivity contribution is 0.0776. The summed E-state index contributed by atoms with van der Waals surface area (Å²) in [4.78, 5) is 29.1. The van der Waals surface area contributed by atoms with Gasteiger partial charge in [0.1, 0.15) is 17.6 Å². The number of amides is 1. The second-order valence-corrected chi connectivity index (χ2v) is 6.98. The number of hydrogen-bond donors (Lipinski definition) is 1. The van der Waals surface area contributed by atoms with Gasteiger partial charge in [-0.1, -0.05) is 6.07 Å². The first kappa shape index (κ1) is 19.5. The Labute approximate surface area is 173 Å². The van der Waals surface area contributed by atoms with Gasteiger partial charge in [-0.25, -0.2) is 15.0 Å². The first-order valence-electron chi connectivity index (χ1n) is 9.48. The first-order valence-corrected chi connectivity index (χ1v) is 9.48. The lowest BCUT2D eigenvalue weighted by atomic mass is 10.1. The van der Waals surface area contributed by atoms with E-state index in [-0.39, 0.29) is 18.0 Å². The number of ether oxygens (including phenoxy) is 1. The zero-order valence-corrected chi connectivity index (χ0v) is 16.4. The molecule has 0 aromatic carbocycles. The Kier molecular flexibility index (Phi) is 5.41. The van der Waals surface area contributed by atoms with Crippen LogP contribution < -0.4 is 4.90 Å². The van der Waals surface area contributed by atoms with E-state index in [2.05, 4.69) is 19.9 Å². The lowest BCUT2D eigenvalue weighted by Crippen LogP contribution is -2.36. The van der Waals surface area contributed by atoms with Gasteiger partial charge in [0.2, 0.25) is 0 Å². The van der Waals surface area contributed by atoms with Gasteiger partial charge in [0.05, 0.1) is 24.9 Å². The molecule has 152 valence electrons. The number of nitrogens with zero attached hydrogens (tertiary/aromatic N) is 6. The van der Waals surface area contributed by atoms with Crippen molar-refractivity contribution in [1.82, 2.24) is 19.9 Å². The molecule has 1 fully saturated rings. The van der Waals surface area contributed by atoms with Gasteiger partial charge in [-0.15, -0.1) is 0 Å². The summed E-state index contributed by atoms with van der Waals surface area (Å²) in [5.74, 6) is 0.177. The Morgan fingerprint density at radius 3 is 2.73 bits per heavy atom. The molecule has 9 heteroatoms. The Hall–Kier alpha value is -3.77. The Morgan fingerprint density at radius 1 is 1.23 bits per heavy atom. The van der Waals surface area contributed by atoms with Crippen LogP contribution in [0.1, 0.15) is 21.7 Å². The highest BCUT2D eigenvalue weighted by Gasteiger charge is 2.21. The molecular weight excluding hydrogens is 384 g/mol. The van der Waals surface area contributed by atoms with Crippen LogP contribution in [0.2, 0.25) is 0 Å². The van der Waals surface area contributed by atoms with Crippen molar-refractivity contribution in [2.45, 2.75) is 6.54 Å². The number of carbonyl (C=O) groups excluding carboxylic acids is 1. The largest absolute Gasteiger partial charge is 0.505 e. The maximum atomic E-state index is 12.8. The summed E-state index contributed by atoms with van der Waals surface area (Å²) in [6.45, 7) is 3.08. The van der Waals surface area contributed by atoms with E-state index in [1.165, 1.54) is 11.1 Å². The zero-order chi connectivity index (χ0) is 21.1. The molecule has 0 bridgehead atoms. The second kappa shape index (κ2) is 8.31. The molecule has 0 radical (unpaired) electrons. The number of rotatable bonds is 4. The van der Waals surface area contributed by atoms with Gasteiger partial charge >= 0.3 is 0 Å². The lowest BCUT2D eigenvalue weighted by Gasteiger charge is -2.28. The van der Waals surface area contributed by atoms with Crippen molar-refractivity contribution in [2.75, 3.05) is 38.3 Å². The van der Waals surface area contributed by atoms with Gasteiger partial charge in [-0.3, -0.25) is 4.79 Å². The fourth-order valence-corrected chi connectivity index (χ4v) is 3.31. The van der Waals surface area contributed by atoms with Crippen molar-refractivity contribution in [2.24, 2.45) is 0 Å². The third kappa shape index (κ3) is 3.86. The van der Waals surface area contributed by atoms with Crippen LogP contribution >= 0.6 is 0 Å². The predicted molar refractivity (Wildman–Crippen MR) is 109 cm³/mol. The van der Waals surface area contributed by atoms with Crippen LogP contribution in [-0.2, 0) is 11.3 Å². The molecule has 1 aliphatic heterocycles. The molecule has 4 heterocycles. The van der Waals surface area contributed by atoms with Crippen LogP contribution in [0.5, 0.6) is 5.75 Å². The van der Waals surface area contributed by atoms with Crippen molar-refractivity contribution in [3.63, 3.8) is 0 Å². The number of aromatic nitrogens is 3. The average molecular weight is 404 g/mol. The molecule has 1 aliphatic rings. The molecule has 4 rings (SSSR count). The van der Waals surface area contributed by atoms with Gasteiger partial charge in [-0.2, -0.15) is 5.26 Å². The third-order valence-electron chi connectivity index (χ3n) is 4.95. The fourth-order valence-electron chi connectivity index (χ4n) is 3.31. The summed E-state index contributed by atoms with van der Waals surface area (Å²) < 4.78 is 5.36. The van der Waals surface area contributed by atoms with Crippen molar-refractivity contribution < 1.29 is 14.6 Å². The number of hydrogen-bond acceptors (Lipinski definition) is 8. The normalized spacial score (nSPS) is 13.8. The van der Waals surface area contributed by atoms with Crippen LogP contribution in [-0.4, -0.2) is 64.2 Å². The van der Waals surface area contributed by atoms with Crippen LogP contribution in [0.25, 0.3) is 10.9 Å². The van der Waals surface area contributed by atoms with Gasteiger partial charge in [0.15, 0.2) is 11.4 Å². The predicted octanol–water partition coefficient (Wildman–Crippen LogP) is 1.71. The minimum Gasteiger partial charge on any atom is -0.505 e. The molecular formula is C21H20N6O3. The molecule has 0 aliphatic carbocycles. The van der Waals surface area contributed by atoms with E-state index < -0.39 is 5.91 Å². The van der Waals surface area contributed by atoms with E-state index in [1.54, 1.807) is 31.4 Å². The summed E-state index contributed by atoms with van der Waals surface area (Å²) in [5.41, 5.74) is 1.56. The summed E-state index contributed by atoms with van der Waals surface area (Å²) in [7, 11) is 1.62. The Morgan fingerprint density at radius 2 is 2.03 bits per heavy atom. The Balaban J connectivity index is 1.56. The van der Waals surface area contributed by atoms with Gasteiger partial charge in [0, 0.05) is 38.3 Å². The summed E-state index contributed by atoms with van der Waals surface area (Å²) >= 11 is 0. The van der Waals surface area contributed by atoms with Gasteiger partial charge in [-0.05, 0) is 23.8 Å². The highest BCUT2D eigenvalue weighted by molar-refractivity contribution is 6.00. The highest BCUT2D eigenvalue weighted by Crippen LogP contribution is 2.29. The molecule has 0 saturated carbocycles. The standard InChI is InChI=1S/C21H20N6O3/c1-26(13-14-2-3-15(10-22)23-11-14)21(29)19-20(28)16-4-5-18(25-17(16)12-24-19)27-6-8-30-9-7-27/h2-5,11-12,28H,6-9,13H2,1H3. The monoisotopic (exact) mass is 404 g/mol. The minimum absolute atomic E-state index is 0.0347. The van der Waals surface area contributed by atoms with Crippen LogP contribution in [0, 0.1) is 11.3 Å². The maximum absolute atomic E-state index is 12.8. The quantitative estimate of drug-likeness (QED) is 0.699. The molecule has 1 N–H and O–H groups in total. The van der Waals surface area contributed by atoms with Crippen molar-refractivity contribution in [1.29, 1.82) is 5.26 Å². The molecule has 1 saturated heterocycles. The van der Waals surface area contributed by atoms with Crippen molar-refractivity contribution >= 4 is 22.6 Å². The summed E-state index contributed by atoms with van der Waals surface area (Å²) in [6, 6.07) is 8.87. The second-order valence-electron chi connectivity index (χ2n) is 6.98. The van der Waals surface area contributed by atoms with E-state index in [0.717, 1.165) is 24.5 Å². The minimum atomic E-state index is -0.420. The zero-order valence-electron chi connectivity index (χ0n) is 16.4.